The van der Waals surface area contributed by atoms with Crippen LogP contribution in [0.25, 0.3) is 0 Å². The van der Waals surface area contributed by atoms with Crippen molar-refractivity contribution in [3.05, 3.63) is 60.2 Å². The minimum Gasteiger partial charge on any atom is -0.391 e. The lowest BCUT2D eigenvalue weighted by molar-refractivity contribution is -0.133. The maximum Gasteiger partial charge on any atom is 0.247 e. The second kappa shape index (κ2) is 7.48. The van der Waals surface area contributed by atoms with Gasteiger partial charge in [-0.3, -0.25) is 9.59 Å². The molecule has 0 bridgehead atoms. The zero-order valence-electron chi connectivity index (χ0n) is 15.0. The molecule has 0 radical (unpaired) electrons. The molecule has 4 atom stereocenters. The first kappa shape index (κ1) is 17.7. The van der Waals surface area contributed by atoms with Crippen molar-refractivity contribution in [2.24, 2.45) is 16.9 Å². The van der Waals surface area contributed by atoms with Gasteiger partial charge in [0.15, 0.2) is 0 Å². The molecule has 6 nitrogen and oxygen atoms in total. The normalized spacial score (nSPS) is 29.7. The fraction of sp³-hybridized carbons (Fsp3) is 0.381. The van der Waals surface area contributed by atoms with Gasteiger partial charge < -0.3 is 10.0 Å². The highest BCUT2D eigenvalue weighted by atomic mass is 16.3. The molecular weight excluding hydrogens is 342 g/mol. The molecule has 1 aromatic carbocycles. The van der Waals surface area contributed by atoms with E-state index in [9.17, 15) is 14.7 Å². The maximum atomic E-state index is 12.8. The zero-order valence-corrected chi connectivity index (χ0v) is 15.0. The Morgan fingerprint density at radius 2 is 1.93 bits per heavy atom. The Morgan fingerprint density at radius 3 is 2.67 bits per heavy atom. The Morgan fingerprint density at radius 1 is 1.19 bits per heavy atom. The standard InChI is InChI=1S/C21H23N3O3/c25-19-13-24(11-10-15(19)14-6-2-1-3-7-14)20(26)12-18-16-8-4-5-9-17(16)21(27)23-22-18/h1-9,15-17,19,25H,10-13H2,(H,23,27)/t15-,16+,17+,19+/m0/s1. The number of piperidine rings is 1. The molecule has 2 N–H and O–H groups in total. The predicted molar refractivity (Wildman–Crippen MR) is 102 cm³/mol. The first-order valence-corrected chi connectivity index (χ1v) is 9.35. The van der Waals surface area contributed by atoms with Gasteiger partial charge in [-0.1, -0.05) is 54.6 Å². The summed E-state index contributed by atoms with van der Waals surface area (Å²) < 4.78 is 0. The number of rotatable bonds is 3. The van der Waals surface area contributed by atoms with Crippen molar-refractivity contribution in [3.8, 4) is 0 Å². The number of likely N-dealkylation sites (tertiary alicyclic amines) is 1. The molecule has 3 aliphatic rings. The number of benzene rings is 1. The summed E-state index contributed by atoms with van der Waals surface area (Å²) in [5, 5.41) is 14.7. The van der Waals surface area contributed by atoms with Crippen LogP contribution in [0.2, 0.25) is 0 Å². The number of carbonyl (C=O) groups excluding carboxylic acids is 2. The van der Waals surface area contributed by atoms with E-state index in [1.54, 1.807) is 4.90 Å². The Labute approximate surface area is 158 Å². The summed E-state index contributed by atoms with van der Waals surface area (Å²) in [5.74, 6) is -0.616. The molecule has 1 aliphatic carbocycles. The second-order valence-electron chi connectivity index (χ2n) is 7.29. The second-order valence-corrected chi connectivity index (χ2v) is 7.29. The highest BCUT2D eigenvalue weighted by Crippen LogP contribution is 2.30. The number of nitrogens with zero attached hydrogens (tertiary/aromatic N) is 2. The van der Waals surface area contributed by atoms with E-state index in [0.717, 1.165) is 12.0 Å². The molecule has 1 aromatic rings. The molecule has 6 heteroatoms. The zero-order chi connectivity index (χ0) is 18.8. The van der Waals surface area contributed by atoms with Crippen LogP contribution >= 0.6 is 0 Å². The van der Waals surface area contributed by atoms with Crippen molar-refractivity contribution in [1.82, 2.24) is 10.3 Å². The minimum atomic E-state index is -0.580. The average molecular weight is 365 g/mol. The van der Waals surface area contributed by atoms with E-state index in [1.165, 1.54) is 0 Å². The monoisotopic (exact) mass is 365 g/mol. The fourth-order valence-corrected chi connectivity index (χ4v) is 4.12. The molecule has 2 amide bonds. The molecule has 2 heterocycles. The summed E-state index contributed by atoms with van der Waals surface area (Å²) in [5.41, 5.74) is 4.30. The van der Waals surface area contributed by atoms with E-state index < -0.39 is 6.10 Å². The van der Waals surface area contributed by atoms with Gasteiger partial charge in [0.25, 0.3) is 0 Å². The average Bonchev–Trinajstić information content (AvgIpc) is 2.71. The highest BCUT2D eigenvalue weighted by Gasteiger charge is 2.36. The van der Waals surface area contributed by atoms with Crippen LogP contribution in [0.1, 0.15) is 24.3 Å². The minimum absolute atomic E-state index is 0.0531. The van der Waals surface area contributed by atoms with Crippen molar-refractivity contribution in [2.45, 2.75) is 24.9 Å². The molecule has 27 heavy (non-hydrogen) atoms. The molecule has 0 unspecified atom stereocenters. The summed E-state index contributed by atoms with van der Waals surface area (Å²) >= 11 is 0. The molecular formula is C21H23N3O3. The number of amides is 2. The number of aliphatic hydroxyl groups is 1. The SMILES string of the molecule is O=C1NN=C(CC(=O)N2CC[C@@H](c3ccccc3)[C@H](O)C2)[C@@H]2C=CC=C[C@@H]12. The Hall–Kier alpha value is -2.73. The molecule has 0 saturated carbocycles. The number of hydrazone groups is 1. The lowest BCUT2D eigenvalue weighted by atomic mass is 9.82. The van der Waals surface area contributed by atoms with Gasteiger partial charge in [0, 0.05) is 24.9 Å². The first-order chi connectivity index (χ1) is 13.1. The van der Waals surface area contributed by atoms with Crippen molar-refractivity contribution in [1.29, 1.82) is 0 Å². The molecule has 140 valence electrons. The lowest BCUT2D eigenvalue weighted by Crippen LogP contribution is -2.48. The van der Waals surface area contributed by atoms with Gasteiger partial charge in [0.05, 0.1) is 24.2 Å². The van der Waals surface area contributed by atoms with Gasteiger partial charge >= 0.3 is 0 Å². The van der Waals surface area contributed by atoms with Crippen LogP contribution < -0.4 is 5.43 Å². The van der Waals surface area contributed by atoms with Crippen LogP contribution in [-0.4, -0.2) is 46.7 Å². The van der Waals surface area contributed by atoms with Crippen molar-refractivity contribution < 1.29 is 14.7 Å². The number of β-amino-alcohol motifs (C(OH)–C–C–N with tert-alkyl or cyclic N) is 1. The van der Waals surface area contributed by atoms with E-state index in [1.807, 2.05) is 54.6 Å². The number of carbonyl (C=O) groups is 2. The topological polar surface area (TPSA) is 82.0 Å². The van der Waals surface area contributed by atoms with E-state index in [-0.39, 0.29) is 36.0 Å². The Kier molecular flexibility index (Phi) is 4.90. The summed E-state index contributed by atoms with van der Waals surface area (Å²) in [4.78, 5) is 26.4. The Bertz CT molecular complexity index is 815. The molecule has 2 aliphatic heterocycles. The van der Waals surface area contributed by atoms with Crippen LogP contribution in [-0.2, 0) is 9.59 Å². The van der Waals surface area contributed by atoms with Crippen molar-refractivity contribution in [2.75, 3.05) is 13.1 Å². The van der Waals surface area contributed by atoms with Crippen LogP contribution in [0.3, 0.4) is 0 Å². The van der Waals surface area contributed by atoms with Gasteiger partial charge in [0.2, 0.25) is 11.8 Å². The smallest absolute Gasteiger partial charge is 0.247 e. The van der Waals surface area contributed by atoms with Crippen molar-refractivity contribution in [3.63, 3.8) is 0 Å². The number of hydrogen-bond acceptors (Lipinski definition) is 4. The van der Waals surface area contributed by atoms with E-state index in [2.05, 4.69) is 10.5 Å². The third-order valence-electron chi connectivity index (χ3n) is 5.63. The summed E-state index contributed by atoms with van der Waals surface area (Å²) in [6, 6.07) is 9.94. The number of hydrogen-bond donors (Lipinski definition) is 2. The molecule has 4 rings (SSSR count). The van der Waals surface area contributed by atoms with E-state index in [4.69, 9.17) is 0 Å². The number of nitrogens with one attached hydrogen (secondary N) is 1. The van der Waals surface area contributed by atoms with Gasteiger partial charge in [-0.05, 0) is 12.0 Å². The third-order valence-corrected chi connectivity index (χ3v) is 5.63. The quantitative estimate of drug-likeness (QED) is 0.854. The van der Waals surface area contributed by atoms with Gasteiger partial charge in [0.1, 0.15) is 0 Å². The van der Waals surface area contributed by atoms with Crippen LogP contribution in [0.15, 0.2) is 59.7 Å². The van der Waals surface area contributed by atoms with E-state index in [0.29, 0.717) is 18.8 Å². The number of allylic oxidation sites excluding steroid dienone is 3. The molecule has 1 fully saturated rings. The van der Waals surface area contributed by atoms with Crippen LogP contribution in [0.5, 0.6) is 0 Å². The highest BCUT2D eigenvalue weighted by molar-refractivity contribution is 6.07. The van der Waals surface area contributed by atoms with Gasteiger partial charge in [-0.25, -0.2) is 5.43 Å². The summed E-state index contributed by atoms with van der Waals surface area (Å²) in [6.45, 7) is 0.931. The Balaban J connectivity index is 1.40. The van der Waals surface area contributed by atoms with Gasteiger partial charge in [-0.2, -0.15) is 5.10 Å². The molecule has 0 aromatic heterocycles. The maximum absolute atomic E-state index is 12.8. The molecule has 1 saturated heterocycles. The predicted octanol–water partition coefficient (Wildman–Crippen LogP) is 1.60. The third kappa shape index (κ3) is 3.57. The van der Waals surface area contributed by atoms with Crippen LogP contribution in [0, 0.1) is 11.8 Å². The fourth-order valence-electron chi connectivity index (χ4n) is 4.12. The molecule has 0 spiro atoms. The number of aliphatic hydroxyl groups excluding tert-OH is 1. The lowest BCUT2D eigenvalue weighted by Gasteiger charge is -2.37. The largest absolute Gasteiger partial charge is 0.391 e. The first-order valence-electron chi connectivity index (χ1n) is 9.35. The summed E-state index contributed by atoms with van der Waals surface area (Å²) in [7, 11) is 0. The summed E-state index contributed by atoms with van der Waals surface area (Å²) in [6.07, 6.45) is 7.80. The van der Waals surface area contributed by atoms with E-state index >= 15 is 0 Å². The van der Waals surface area contributed by atoms with Crippen LogP contribution in [0.4, 0.5) is 0 Å². The van der Waals surface area contributed by atoms with Gasteiger partial charge in [-0.15, -0.1) is 0 Å². The number of fused-ring (bicyclic) bond motifs is 1. The van der Waals surface area contributed by atoms with Crippen molar-refractivity contribution >= 4 is 17.5 Å².